The average molecular weight is 307 g/mol. The molecule has 1 aliphatic rings. The number of rotatable bonds is 6. The molecule has 1 aromatic rings. The molecule has 0 radical (unpaired) electrons. The first-order valence-corrected chi connectivity index (χ1v) is 8.34. The number of carbonyl (C=O) groups is 1. The lowest BCUT2D eigenvalue weighted by molar-refractivity contribution is -0.135. The van der Waals surface area contributed by atoms with Crippen LogP contribution in [0.15, 0.2) is 22.8 Å². The second kappa shape index (κ2) is 7.32. The van der Waals surface area contributed by atoms with Crippen molar-refractivity contribution in [2.24, 2.45) is 11.8 Å². The van der Waals surface area contributed by atoms with Crippen LogP contribution in [0.4, 0.5) is 0 Å². The maximum atomic E-state index is 12.3. The van der Waals surface area contributed by atoms with Gasteiger partial charge >= 0.3 is 0 Å². The van der Waals surface area contributed by atoms with Gasteiger partial charge in [-0.25, -0.2) is 0 Å². The van der Waals surface area contributed by atoms with Crippen LogP contribution in [0.2, 0.25) is 0 Å². The monoisotopic (exact) mass is 307 g/mol. The molecule has 0 unspecified atom stereocenters. The number of ether oxygens (including phenoxy) is 1. The Morgan fingerprint density at radius 2 is 2.23 bits per heavy atom. The average Bonchev–Trinajstić information content (AvgIpc) is 2.95. The van der Waals surface area contributed by atoms with Crippen LogP contribution in [0.1, 0.15) is 58.6 Å². The van der Waals surface area contributed by atoms with Gasteiger partial charge in [0.1, 0.15) is 5.76 Å². The third-order valence-electron chi connectivity index (χ3n) is 4.54. The van der Waals surface area contributed by atoms with Crippen molar-refractivity contribution in [3.8, 4) is 0 Å². The van der Waals surface area contributed by atoms with E-state index in [9.17, 15) is 4.79 Å². The van der Waals surface area contributed by atoms with Gasteiger partial charge in [0.2, 0.25) is 5.91 Å². The molecule has 1 amide bonds. The smallest absolute Gasteiger partial charge is 0.223 e. The Morgan fingerprint density at radius 1 is 1.45 bits per heavy atom. The first-order valence-electron chi connectivity index (χ1n) is 8.34. The van der Waals surface area contributed by atoms with Gasteiger partial charge in [-0.2, -0.15) is 0 Å². The summed E-state index contributed by atoms with van der Waals surface area (Å²) in [6.45, 7) is 9.86. The van der Waals surface area contributed by atoms with Crippen LogP contribution in [-0.4, -0.2) is 24.7 Å². The topological polar surface area (TPSA) is 51.5 Å². The fraction of sp³-hybridized carbons (Fsp3) is 0.722. The van der Waals surface area contributed by atoms with E-state index in [1.807, 2.05) is 12.1 Å². The van der Waals surface area contributed by atoms with Crippen LogP contribution in [0, 0.1) is 11.8 Å². The fourth-order valence-electron chi connectivity index (χ4n) is 3.26. The van der Waals surface area contributed by atoms with E-state index in [0.29, 0.717) is 25.0 Å². The van der Waals surface area contributed by atoms with E-state index >= 15 is 0 Å². The zero-order valence-electron chi connectivity index (χ0n) is 14.2. The van der Waals surface area contributed by atoms with Crippen molar-refractivity contribution < 1.29 is 13.9 Å². The van der Waals surface area contributed by atoms with Crippen LogP contribution in [-0.2, 0) is 9.53 Å². The third kappa shape index (κ3) is 4.60. The first-order chi connectivity index (χ1) is 10.4. The molecule has 1 fully saturated rings. The lowest BCUT2D eigenvalue weighted by Crippen LogP contribution is -2.41. The minimum atomic E-state index is -0.186. The van der Waals surface area contributed by atoms with E-state index < -0.39 is 0 Å². The van der Waals surface area contributed by atoms with Gasteiger partial charge in [-0.1, -0.05) is 13.8 Å². The molecule has 4 nitrogen and oxygen atoms in total. The Hall–Kier alpha value is -1.29. The molecule has 0 spiro atoms. The second-order valence-electron chi connectivity index (χ2n) is 7.24. The quantitative estimate of drug-likeness (QED) is 0.871. The van der Waals surface area contributed by atoms with Crippen molar-refractivity contribution in [3.05, 3.63) is 24.2 Å². The molecule has 2 atom stereocenters. The van der Waals surface area contributed by atoms with Gasteiger partial charge in [-0.3, -0.25) is 4.79 Å². The van der Waals surface area contributed by atoms with Crippen LogP contribution < -0.4 is 5.32 Å². The molecule has 1 aliphatic heterocycles. The number of hydrogen-bond donors (Lipinski definition) is 1. The van der Waals surface area contributed by atoms with Gasteiger partial charge in [0.05, 0.1) is 11.9 Å². The van der Waals surface area contributed by atoms with Crippen molar-refractivity contribution in [1.82, 2.24) is 5.32 Å². The van der Waals surface area contributed by atoms with Crippen molar-refractivity contribution in [2.45, 2.75) is 58.5 Å². The molecule has 124 valence electrons. The van der Waals surface area contributed by atoms with Crippen molar-refractivity contribution >= 4 is 5.91 Å². The summed E-state index contributed by atoms with van der Waals surface area (Å²) < 4.78 is 11.2. The number of hydrogen-bond acceptors (Lipinski definition) is 3. The summed E-state index contributed by atoms with van der Waals surface area (Å²) in [6, 6.07) is 3.95. The molecule has 1 N–H and O–H groups in total. The normalized spacial score (nSPS) is 22.5. The highest BCUT2D eigenvalue weighted by molar-refractivity contribution is 5.78. The maximum Gasteiger partial charge on any atom is 0.223 e. The number of nitrogens with one attached hydrogen (secondary N) is 1. The summed E-state index contributed by atoms with van der Waals surface area (Å²) in [6.07, 6.45) is 4.24. The Bertz CT molecular complexity index is 465. The maximum absolute atomic E-state index is 12.3. The zero-order valence-corrected chi connectivity index (χ0v) is 14.2. The van der Waals surface area contributed by atoms with Crippen molar-refractivity contribution in [3.63, 3.8) is 0 Å². The summed E-state index contributed by atoms with van der Waals surface area (Å²) in [5, 5.41) is 3.10. The van der Waals surface area contributed by atoms with E-state index in [1.54, 1.807) is 6.26 Å². The molecular formula is C18H29NO3. The number of furan rings is 1. The van der Waals surface area contributed by atoms with E-state index in [1.165, 1.54) is 0 Å². The molecule has 1 saturated heterocycles. The van der Waals surface area contributed by atoms with Gasteiger partial charge in [0.25, 0.3) is 0 Å². The molecule has 22 heavy (non-hydrogen) atoms. The zero-order chi connectivity index (χ0) is 16.2. The minimum Gasteiger partial charge on any atom is -0.469 e. The fourth-order valence-corrected chi connectivity index (χ4v) is 3.26. The minimum absolute atomic E-state index is 0.0739. The van der Waals surface area contributed by atoms with E-state index in [0.717, 1.165) is 25.0 Å². The molecule has 4 heteroatoms. The standard InChI is InChI=1S/C18H29NO3/c1-13(2)15(16-6-5-10-21-16)7-9-19-17(20)14-8-11-22-18(3,4)12-14/h5-6,10,13-15H,7-9,11-12H2,1-4H3,(H,19,20)/t14-,15-/m1/s1. The Morgan fingerprint density at radius 3 is 2.82 bits per heavy atom. The summed E-state index contributed by atoms with van der Waals surface area (Å²) in [5.74, 6) is 2.09. The van der Waals surface area contributed by atoms with Crippen LogP contribution >= 0.6 is 0 Å². The third-order valence-corrected chi connectivity index (χ3v) is 4.54. The molecule has 1 aromatic heterocycles. The lowest BCUT2D eigenvalue weighted by atomic mass is 9.87. The highest BCUT2D eigenvalue weighted by atomic mass is 16.5. The predicted molar refractivity (Wildman–Crippen MR) is 86.7 cm³/mol. The molecule has 0 bridgehead atoms. The first kappa shape index (κ1) is 17.1. The Kier molecular flexibility index (Phi) is 5.68. The lowest BCUT2D eigenvalue weighted by Gasteiger charge is -2.34. The molecule has 2 rings (SSSR count). The van der Waals surface area contributed by atoms with Crippen LogP contribution in [0.3, 0.4) is 0 Å². The largest absolute Gasteiger partial charge is 0.469 e. The van der Waals surface area contributed by atoms with E-state index in [-0.39, 0.29) is 17.4 Å². The molecule has 0 saturated carbocycles. The van der Waals surface area contributed by atoms with E-state index in [4.69, 9.17) is 9.15 Å². The summed E-state index contributed by atoms with van der Waals surface area (Å²) in [4.78, 5) is 12.3. The summed E-state index contributed by atoms with van der Waals surface area (Å²) >= 11 is 0. The molecular weight excluding hydrogens is 278 g/mol. The Labute approximate surface area is 133 Å². The number of amides is 1. The van der Waals surface area contributed by atoms with Crippen molar-refractivity contribution in [1.29, 1.82) is 0 Å². The van der Waals surface area contributed by atoms with Gasteiger partial charge in [-0.15, -0.1) is 0 Å². The van der Waals surface area contributed by atoms with Gasteiger partial charge < -0.3 is 14.5 Å². The summed E-state index contributed by atoms with van der Waals surface area (Å²) in [5.41, 5.74) is -0.186. The van der Waals surface area contributed by atoms with Crippen LogP contribution in [0.5, 0.6) is 0 Å². The Balaban J connectivity index is 1.81. The predicted octanol–water partition coefficient (Wildman–Crippen LogP) is 3.73. The van der Waals surface area contributed by atoms with Crippen molar-refractivity contribution in [2.75, 3.05) is 13.2 Å². The molecule has 0 aliphatic carbocycles. The van der Waals surface area contributed by atoms with Gasteiger partial charge in [-0.05, 0) is 51.2 Å². The molecule has 2 heterocycles. The molecule has 0 aromatic carbocycles. The highest BCUT2D eigenvalue weighted by Gasteiger charge is 2.32. The van der Waals surface area contributed by atoms with E-state index in [2.05, 4.69) is 33.0 Å². The SMILES string of the molecule is CC(C)[C@@H](CCNC(=O)[C@@H]1CCOC(C)(C)C1)c1ccco1. The summed E-state index contributed by atoms with van der Waals surface area (Å²) in [7, 11) is 0. The number of carbonyl (C=O) groups excluding carboxylic acids is 1. The van der Waals surface area contributed by atoms with Crippen LogP contribution in [0.25, 0.3) is 0 Å². The van der Waals surface area contributed by atoms with Gasteiger partial charge in [0, 0.05) is 25.0 Å². The van der Waals surface area contributed by atoms with Gasteiger partial charge in [0.15, 0.2) is 0 Å². The highest BCUT2D eigenvalue weighted by Crippen LogP contribution is 2.29. The second-order valence-corrected chi connectivity index (χ2v) is 7.24.